The van der Waals surface area contributed by atoms with Crippen LogP contribution in [0.25, 0.3) is 0 Å². The fourth-order valence-electron chi connectivity index (χ4n) is 2.86. The Bertz CT molecular complexity index is 686. The molecular formula is C15H21ClN6O. The Hall–Kier alpha value is -1.86. The van der Waals surface area contributed by atoms with Crippen LogP contribution in [0.2, 0.25) is 5.02 Å². The second kappa shape index (κ2) is 6.72. The highest BCUT2D eigenvalue weighted by atomic mass is 35.5. The minimum absolute atomic E-state index is 0.0852. The summed E-state index contributed by atoms with van der Waals surface area (Å²) in [6.07, 6.45) is 5.28. The number of aryl methyl sites for hydroxylation is 2. The molecule has 2 aromatic heterocycles. The van der Waals surface area contributed by atoms with Crippen molar-refractivity contribution in [2.24, 2.45) is 7.05 Å². The molecule has 1 fully saturated rings. The van der Waals surface area contributed by atoms with Crippen LogP contribution in [-0.2, 0) is 24.9 Å². The molecule has 0 bridgehead atoms. The lowest BCUT2D eigenvalue weighted by Crippen LogP contribution is -2.49. The first kappa shape index (κ1) is 16.0. The number of aromatic nitrogens is 4. The van der Waals surface area contributed by atoms with Gasteiger partial charge in [-0.1, -0.05) is 11.6 Å². The van der Waals surface area contributed by atoms with E-state index in [-0.39, 0.29) is 12.5 Å². The molecule has 0 spiro atoms. The number of nitrogens with zero attached hydrogens (tertiary/aromatic N) is 6. The highest BCUT2D eigenvalue weighted by Gasteiger charge is 2.22. The van der Waals surface area contributed by atoms with Crippen LogP contribution < -0.4 is 0 Å². The number of hydrogen-bond donors (Lipinski definition) is 0. The second-order valence-corrected chi connectivity index (χ2v) is 6.36. The SMILES string of the molecule is Cc1nn(C)cc1CN1CCN(C(=O)Cn2cc(Cl)cn2)CC1. The molecule has 8 heteroatoms. The van der Waals surface area contributed by atoms with Gasteiger partial charge in [-0.15, -0.1) is 0 Å². The van der Waals surface area contributed by atoms with Crippen LogP contribution in [-0.4, -0.2) is 61.4 Å². The van der Waals surface area contributed by atoms with Crippen molar-refractivity contribution in [2.75, 3.05) is 26.2 Å². The van der Waals surface area contributed by atoms with Gasteiger partial charge in [0, 0.05) is 57.7 Å². The molecule has 3 rings (SSSR count). The van der Waals surface area contributed by atoms with E-state index in [4.69, 9.17) is 11.6 Å². The van der Waals surface area contributed by atoms with E-state index in [2.05, 4.69) is 21.3 Å². The largest absolute Gasteiger partial charge is 0.339 e. The van der Waals surface area contributed by atoms with E-state index < -0.39 is 0 Å². The second-order valence-electron chi connectivity index (χ2n) is 5.93. The first-order valence-electron chi connectivity index (χ1n) is 7.68. The lowest BCUT2D eigenvalue weighted by Gasteiger charge is -2.34. The van der Waals surface area contributed by atoms with Gasteiger partial charge in [0.15, 0.2) is 0 Å². The molecule has 23 heavy (non-hydrogen) atoms. The van der Waals surface area contributed by atoms with Crippen molar-refractivity contribution in [1.29, 1.82) is 0 Å². The average Bonchev–Trinajstić information content (AvgIpc) is 3.05. The number of carbonyl (C=O) groups is 1. The number of halogens is 1. The van der Waals surface area contributed by atoms with Gasteiger partial charge in [-0.3, -0.25) is 19.1 Å². The van der Waals surface area contributed by atoms with Crippen molar-refractivity contribution in [3.05, 3.63) is 34.9 Å². The molecular weight excluding hydrogens is 316 g/mol. The summed E-state index contributed by atoms with van der Waals surface area (Å²) in [6, 6.07) is 0. The maximum absolute atomic E-state index is 12.3. The summed E-state index contributed by atoms with van der Waals surface area (Å²) >= 11 is 5.82. The van der Waals surface area contributed by atoms with E-state index in [1.165, 1.54) is 5.56 Å². The summed E-state index contributed by atoms with van der Waals surface area (Å²) < 4.78 is 3.43. The highest BCUT2D eigenvalue weighted by Crippen LogP contribution is 2.12. The van der Waals surface area contributed by atoms with E-state index in [0.29, 0.717) is 5.02 Å². The first-order chi connectivity index (χ1) is 11.0. The quantitative estimate of drug-likeness (QED) is 0.833. The van der Waals surface area contributed by atoms with Gasteiger partial charge < -0.3 is 4.90 Å². The molecule has 0 atom stereocenters. The normalized spacial score (nSPS) is 16.0. The Morgan fingerprint density at radius 2 is 2.00 bits per heavy atom. The summed E-state index contributed by atoms with van der Waals surface area (Å²) in [6.45, 7) is 6.40. The molecule has 2 aromatic rings. The summed E-state index contributed by atoms with van der Waals surface area (Å²) in [7, 11) is 1.94. The van der Waals surface area contributed by atoms with Gasteiger partial charge in [-0.25, -0.2) is 0 Å². The average molecular weight is 337 g/mol. The van der Waals surface area contributed by atoms with Crippen molar-refractivity contribution in [3.63, 3.8) is 0 Å². The molecule has 0 aliphatic carbocycles. The fraction of sp³-hybridized carbons (Fsp3) is 0.533. The lowest BCUT2D eigenvalue weighted by molar-refractivity contribution is -0.133. The minimum atomic E-state index is 0.0852. The topological polar surface area (TPSA) is 59.2 Å². The molecule has 0 unspecified atom stereocenters. The highest BCUT2D eigenvalue weighted by molar-refractivity contribution is 6.30. The van der Waals surface area contributed by atoms with Crippen molar-refractivity contribution in [2.45, 2.75) is 20.0 Å². The molecule has 1 aliphatic rings. The fourth-order valence-corrected chi connectivity index (χ4v) is 3.02. The Morgan fingerprint density at radius 1 is 1.26 bits per heavy atom. The van der Waals surface area contributed by atoms with Gasteiger partial charge >= 0.3 is 0 Å². The van der Waals surface area contributed by atoms with Crippen LogP contribution in [0.5, 0.6) is 0 Å². The zero-order valence-corrected chi connectivity index (χ0v) is 14.2. The van der Waals surface area contributed by atoms with Crippen molar-refractivity contribution in [1.82, 2.24) is 29.4 Å². The predicted octanol–water partition coefficient (Wildman–Crippen LogP) is 0.923. The van der Waals surface area contributed by atoms with Gasteiger partial charge in [0.1, 0.15) is 6.54 Å². The molecule has 1 saturated heterocycles. The molecule has 0 saturated carbocycles. The van der Waals surface area contributed by atoms with Crippen LogP contribution in [0.1, 0.15) is 11.3 Å². The molecule has 1 amide bonds. The Morgan fingerprint density at radius 3 is 2.57 bits per heavy atom. The van der Waals surface area contributed by atoms with Crippen LogP contribution in [0.15, 0.2) is 18.6 Å². The molecule has 0 aromatic carbocycles. The number of piperazine rings is 1. The Balaban J connectivity index is 1.50. The first-order valence-corrected chi connectivity index (χ1v) is 8.06. The number of hydrogen-bond acceptors (Lipinski definition) is 4. The van der Waals surface area contributed by atoms with Crippen LogP contribution in [0.4, 0.5) is 0 Å². The van der Waals surface area contributed by atoms with Crippen LogP contribution in [0.3, 0.4) is 0 Å². The maximum atomic E-state index is 12.3. The third-order valence-corrected chi connectivity index (χ3v) is 4.33. The predicted molar refractivity (Wildman–Crippen MR) is 87.0 cm³/mol. The monoisotopic (exact) mass is 336 g/mol. The minimum Gasteiger partial charge on any atom is -0.339 e. The van der Waals surface area contributed by atoms with Gasteiger partial charge in [0.25, 0.3) is 0 Å². The van der Waals surface area contributed by atoms with Gasteiger partial charge in [-0.05, 0) is 6.92 Å². The standard InChI is InChI=1S/C15H21ClN6O/c1-12-13(8-19(2)18-12)9-20-3-5-21(6-4-20)15(23)11-22-10-14(16)7-17-22/h7-8,10H,3-6,9,11H2,1-2H3. The zero-order chi connectivity index (χ0) is 16.4. The molecule has 0 N–H and O–H groups in total. The van der Waals surface area contributed by atoms with E-state index in [0.717, 1.165) is 38.4 Å². The summed E-state index contributed by atoms with van der Waals surface area (Å²) in [4.78, 5) is 16.5. The van der Waals surface area contributed by atoms with Crippen molar-refractivity contribution < 1.29 is 4.79 Å². The smallest absolute Gasteiger partial charge is 0.244 e. The van der Waals surface area contributed by atoms with Crippen LogP contribution in [0, 0.1) is 6.92 Å². The van der Waals surface area contributed by atoms with Gasteiger partial charge in [0.05, 0.1) is 16.9 Å². The Labute approximate surface area is 140 Å². The number of rotatable bonds is 4. The molecule has 0 radical (unpaired) electrons. The van der Waals surface area contributed by atoms with Gasteiger partial charge in [0.2, 0.25) is 5.91 Å². The molecule has 124 valence electrons. The van der Waals surface area contributed by atoms with E-state index >= 15 is 0 Å². The number of amides is 1. The van der Waals surface area contributed by atoms with E-state index in [1.54, 1.807) is 17.1 Å². The van der Waals surface area contributed by atoms with E-state index in [1.807, 2.05) is 23.6 Å². The molecule has 1 aliphatic heterocycles. The molecule has 3 heterocycles. The number of carbonyl (C=O) groups excluding carboxylic acids is 1. The summed E-state index contributed by atoms with van der Waals surface area (Å²) in [5, 5.41) is 8.97. The summed E-state index contributed by atoms with van der Waals surface area (Å²) in [5.74, 6) is 0.0852. The maximum Gasteiger partial charge on any atom is 0.244 e. The molecule has 7 nitrogen and oxygen atoms in total. The Kier molecular flexibility index (Phi) is 4.68. The van der Waals surface area contributed by atoms with Crippen molar-refractivity contribution >= 4 is 17.5 Å². The zero-order valence-electron chi connectivity index (χ0n) is 13.4. The lowest BCUT2D eigenvalue weighted by atomic mass is 10.2. The third kappa shape index (κ3) is 3.92. The third-order valence-electron chi connectivity index (χ3n) is 4.13. The van der Waals surface area contributed by atoms with E-state index in [9.17, 15) is 4.79 Å². The van der Waals surface area contributed by atoms with Gasteiger partial charge in [-0.2, -0.15) is 10.2 Å². The van der Waals surface area contributed by atoms with Crippen LogP contribution >= 0.6 is 11.6 Å². The van der Waals surface area contributed by atoms with Crippen molar-refractivity contribution in [3.8, 4) is 0 Å². The summed E-state index contributed by atoms with van der Waals surface area (Å²) in [5.41, 5.74) is 2.32.